The molecule has 0 spiro atoms. The predicted octanol–water partition coefficient (Wildman–Crippen LogP) is 13.9. The molecule has 9 heteroatoms. The van der Waals surface area contributed by atoms with Crippen molar-refractivity contribution in [2.24, 2.45) is 0 Å². The summed E-state index contributed by atoms with van der Waals surface area (Å²) in [5, 5.41) is 5.49. The van der Waals surface area contributed by atoms with Crippen molar-refractivity contribution >= 4 is 41.8 Å². The van der Waals surface area contributed by atoms with Gasteiger partial charge in [0.1, 0.15) is 0 Å². The summed E-state index contributed by atoms with van der Waals surface area (Å²) in [6, 6.07) is 34.6. The molecule has 0 aromatic heterocycles. The summed E-state index contributed by atoms with van der Waals surface area (Å²) in [7, 11) is 12.1. The molecule has 0 unspecified atom stereocenters. The Labute approximate surface area is 304 Å². The average Bonchev–Trinajstić information content (AvgIpc) is 3.72. The zero-order valence-corrected chi connectivity index (χ0v) is 32.5. The van der Waals surface area contributed by atoms with Gasteiger partial charge in [0.05, 0.1) is 0 Å². The Kier molecular flexibility index (Phi) is 12.5. The van der Waals surface area contributed by atoms with Crippen LogP contribution >= 0.6 is 17.0 Å². The van der Waals surface area contributed by atoms with Gasteiger partial charge in [-0.15, -0.1) is 39.7 Å². The molecule has 264 valence electrons. The fourth-order valence-corrected chi connectivity index (χ4v) is 9.76. The quantitative estimate of drug-likeness (QED) is 0.121. The fourth-order valence-electron chi connectivity index (χ4n) is 5.29. The van der Waals surface area contributed by atoms with Crippen LogP contribution in [0.15, 0.2) is 121 Å². The molecular formula is C41H38Cl2F6Zr-2. The predicted molar refractivity (Wildman–Crippen MR) is 194 cm³/mol. The van der Waals surface area contributed by atoms with Gasteiger partial charge in [-0.1, -0.05) is 76.9 Å². The minimum atomic E-state index is -4.48. The summed E-state index contributed by atoms with van der Waals surface area (Å²) in [6.45, 7) is 13.7. The van der Waals surface area contributed by atoms with E-state index >= 15 is 0 Å². The maximum Gasteiger partial charge on any atom is -0.172 e. The van der Waals surface area contributed by atoms with Gasteiger partial charge in [0, 0.05) is 0 Å². The SMILES string of the molecule is CC(C)(C)c1ccc2[cH-]c3ccc(C(C)(C)C)cc3c2c1.FC(F)(F)c1ccc([C](c2ccc(C(F)(F)F)cc2)=[Zr]([Cl])[Cl])cc1.c1cc[cH-]c1. The maximum atomic E-state index is 12.6. The van der Waals surface area contributed by atoms with Gasteiger partial charge < -0.3 is 0 Å². The number of hydrogen-bond donors (Lipinski definition) is 0. The molecule has 0 fully saturated rings. The van der Waals surface area contributed by atoms with Crippen LogP contribution < -0.4 is 0 Å². The zero-order chi connectivity index (χ0) is 37.1. The molecule has 0 N–H and O–H groups in total. The van der Waals surface area contributed by atoms with E-state index in [4.69, 9.17) is 17.0 Å². The van der Waals surface area contributed by atoms with Crippen molar-refractivity contribution in [3.63, 3.8) is 0 Å². The Morgan fingerprint density at radius 2 is 0.860 bits per heavy atom. The standard InChI is InChI=1S/C21H25.C15H8F6.C5H5.2ClH.Zr/c1-20(2,3)16-9-7-14-11-15-8-10-17(21(4,5)6)13-19(15)18(14)12-16;16-14(17,18)12-5-1-10(2-6-12)9-11-3-7-13(8-4-11)15(19,20)21;1-2-4-5-3-1;;;/h7-13H,1-6H3;1-8H;1-5H;2*1H;/q-1;;-1;;;+2/p-2. The van der Waals surface area contributed by atoms with E-state index in [0.717, 1.165) is 24.3 Å². The molecule has 0 aliphatic heterocycles. The van der Waals surface area contributed by atoms with E-state index in [1.807, 2.05) is 30.3 Å². The third-order valence-corrected chi connectivity index (χ3v) is 12.8. The van der Waals surface area contributed by atoms with E-state index < -0.39 is 42.4 Å². The summed E-state index contributed by atoms with van der Waals surface area (Å²) in [4.78, 5) is 0. The normalized spacial score (nSPS) is 12.2. The van der Waals surface area contributed by atoms with E-state index in [2.05, 4.69) is 84.0 Å². The molecule has 0 atom stereocenters. The second-order valence-electron chi connectivity index (χ2n) is 14.0. The molecule has 0 amide bonds. The molecule has 0 aliphatic carbocycles. The molecule has 6 aromatic rings. The first-order valence-electron chi connectivity index (χ1n) is 15.9. The summed E-state index contributed by atoms with van der Waals surface area (Å²) in [5.74, 6) is 0. The first kappa shape index (κ1) is 39.8. The van der Waals surface area contributed by atoms with Crippen LogP contribution in [0.5, 0.6) is 0 Å². The first-order chi connectivity index (χ1) is 23.2. The molecule has 0 saturated heterocycles. The Bertz CT molecular complexity index is 1890. The molecule has 0 nitrogen and oxygen atoms in total. The number of fused-ring (bicyclic) bond motifs is 3. The van der Waals surface area contributed by atoms with Crippen LogP contribution in [0, 0.1) is 0 Å². The first-order valence-corrected chi connectivity index (χ1v) is 23.4. The number of rotatable bonds is 2. The van der Waals surface area contributed by atoms with Crippen LogP contribution in [0.2, 0.25) is 0 Å². The van der Waals surface area contributed by atoms with Crippen LogP contribution in [-0.2, 0) is 42.1 Å². The van der Waals surface area contributed by atoms with Crippen molar-refractivity contribution < 1.29 is 45.2 Å². The average molecular weight is 807 g/mol. The fraction of sp³-hybridized carbons (Fsp3) is 0.244. The molecular weight excluding hydrogens is 769 g/mol. The molecule has 0 saturated carbocycles. The van der Waals surface area contributed by atoms with Crippen molar-refractivity contribution in [3.8, 4) is 0 Å². The van der Waals surface area contributed by atoms with Gasteiger partial charge in [0.25, 0.3) is 0 Å². The van der Waals surface area contributed by atoms with Crippen LogP contribution in [0.4, 0.5) is 26.3 Å². The summed E-state index contributed by atoms with van der Waals surface area (Å²) < 4.78 is 76.1. The molecule has 0 aliphatic rings. The van der Waals surface area contributed by atoms with E-state index in [1.165, 1.54) is 56.9 Å². The maximum absolute atomic E-state index is 12.6. The van der Waals surface area contributed by atoms with Gasteiger partial charge >= 0.3 is 149 Å². The van der Waals surface area contributed by atoms with Crippen molar-refractivity contribution in [1.82, 2.24) is 0 Å². The van der Waals surface area contributed by atoms with Crippen LogP contribution in [0.1, 0.15) is 74.9 Å². The van der Waals surface area contributed by atoms with Gasteiger partial charge in [-0.3, -0.25) is 0 Å². The smallest absolute Gasteiger partial charge is 0.172 e. The van der Waals surface area contributed by atoms with Gasteiger partial charge in [0.2, 0.25) is 0 Å². The second kappa shape index (κ2) is 15.7. The number of hydrogen-bond acceptors (Lipinski definition) is 0. The van der Waals surface area contributed by atoms with Crippen molar-refractivity contribution in [2.75, 3.05) is 0 Å². The number of halogens is 8. The van der Waals surface area contributed by atoms with E-state index in [1.54, 1.807) is 0 Å². The Morgan fingerprint density at radius 3 is 1.12 bits per heavy atom. The Morgan fingerprint density at radius 1 is 0.520 bits per heavy atom. The molecule has 6 aromatic carbocycles. The van der Waals surface area contributed by atoms with Gasteiger partial charge in [0.15, 0.2) is 0 Å². The zero-order valence-electron chi connectivity index (χ0n) is 28.6. The van der Waals surface area contributed by atoms with Crippen molar-refractivity contribution in [1.29, 1.82) is 0 Å². The third kappa shape index (κ3) is 10.3. The number of benzene rings is 4. The molecule has 0 bridgehead atoms. The minimum Gasteiger partial charge on any atom is -0.214 e. The summed E-state index contributed by atoms with van der Waals surface area (Å²) in [5.41, 5.74) is 2.30. The van der Waals surface area contributed by atoms with E-state index in [-0.39, 0.29) is 10.8 Å². The Hall–Kier alpha value is -2.99. The van der Waals surface area contributed by atoms with Crippen molar-refractivity contribution in [3.05, 3.63) is 155 Å². The Balaban J connectivity index is 0.000000198. The van der Waals surface area contributed by atoms with Crippen LogP contribution in [0.3, 0.4) is 0 Å². The molecule has 50 heavy (non-hydrogen) atoms. The van der Waals surface area contributed by atoms with Crippen molar-refractivity contribution in [2.45, 2.75) is 64.7 Å². The summed E-state index contributed by atoms with van der Waals surface area (Å²) >= 11 is -3.15. The van der Waals surface area contributed by atoms with Gasteiger partial charge in [-0.05, 0) is 10.8 Å². The van der Waals surface area contributed by atoms with E-state index in [9.17, 15) is 26.3 Å². The topological polar surface area (TPSA) is 0 Å². The van der Waals surface area contributed by atoms with Gasteiger partial charge in [-0.25, -0.2) is 12.1 Å². The third-order valence-electron chi connectivity index (χ3n) is 8.19. The molecule has 0 radical (unpaired) electrons. The molecule has 6 rings (SSSR count). The second-order valence-corrected chi connectivity index (χ2v) is 22.1. The van der Waals surface area contributed by atoms with E-state index in [0.29, 0.717) is 14.3 Å². The molecule has 0 heterocycles. The number of alkyl halides is 6. The summed E-state index contributed by atoms with van der Waals surface area (Å²) in [6.07, 6.45) is -8.95. The minimum absolute atomic E-state index is 0.194. The van der Waals surface area contributed by atoms with Crippen LogP contribution in [-0.4, -0.2) is 3.21 Å². The van der Waals surface area contributed by atoms with Gasteiger partial charge in [-0.2, -0.15) is 18.2 Å². The van der Waals surface area contributed by atoms with Crippen LogP contribution in [0.25, 0.3) is 21.5 Å². The largest absolute Gasteiger partial charge is 0.214 e. The monoisotopic (exact) mass is 804 g/mol.